The SMILES string of the molecule is [2H]c1ccc(-c2nc(-c3ccc(C(C)C)cc3)nc(-c3ccc(-c4cc5c(cc4C#N)-c4cc([N+]#[C-])c(-c6nccc(-c7nc(-c8ccc([2H])cc8)nc(-c8ccc(C(C)C)cc8)n7)n6)cc4C54C5CC6CC(C5)CC4C6)c(-c4cccc5c4sc4ccccc45)c3)n2)cc1. The van der Waals surface area contributed by atoms with Gasteiger partial charge in [-0.25, -0.2) is 44.7 Å². The number of hydrogen-bond donors (Lipinski definition) is 0. The fourth-order valence-electron chi connectivity index (χ4n) is 16.2. The first kappa shape index (κ1) is 54.1. The maximum Gasteiger partial charge on any atom is 0.198 e. The van der Waals surface area contributed by atoms with Gasteiger partial charge in [0.1, 0.15) is 11.5 Å². The summed E-state index contributed by atoms with van der Waals surface area (Å²) in [4.78, 5) is 45.2. The van der Waals surface area contributed by atoms with E-state index >= 15 is 0 Å². The molecule has 10 nitrogen and oxygen atoms in total. The zero-order valence-corrected chi connectivity index (χ0v) is 52.7. The average molecular weight is 1220 g/mol. The van der Waals surface area contributed by atoms with Crippen LogP contribution in [0.3, 0.4) is 0 Å². The van der Waals surface area contributed by atoms with E-state index in [9.17, 15) is 5.26 Å². The van der Waals surface area contributed by atoms with E-state index in [-0.39, 0.29) is 0 Å². The fraction of sp³-hybridized carbons (Fsp3) is 0.195. The van der Waals surface area contributed by atoms with Crippen molar-refractivity contribution in [3.63, 3.8) is 0 Å². The standard InChI is InChI=1S/C82H62N10S/c1-46(2)50-23-27-54(28-24-50)77-87-75(52-15-8-6-9-16-52)89-79(90-77)56-31-32-60(65(40-56)63-21-14-20-62-61-19-12-13-22-73(61)93-74(62)63)64-42-69-66(41-57(64)45-83)67-44-72(84-5)68(43-70(67)82(69)58-36-48-35-49(38-58)39-59(82)37-48)80-85-34-33-71(86-80)81-91-76(53-17-10-7-11-18-53)88-78(92-81)55-29-25-51(26-30-55)47(3)4/h6-34,40-44,46-49,58-59H,35-39H2,1-4H3/i6D,7D. The lowest BCUT2D eigenvalue weighted by atomic mass is 9.43. The van der Waals surface area contributed by atoms with Crippen LogP contribution in [-0.4, -0.2) is 39.9 Å². The number of aromatic nitrogens is 8. The molecule has 0 radical (unpaired) electrons. The van der Waals surface area contributed by atoms with Gasteiger partial charge in [-0.1, -0.05) is 191 Å². The number of hydrogen-bond acceptors (Lipinski definition) is 10. The Morgan fingerprint density at radius 1 is 0.473 bits per heavy atom. The molecular weight excluding hydrogens is 1160 g/mol. The summed E-state index contributed by atoms with van der Waals surface area (Å²) < 4.78 is 18.9. The van der Waals surface area contributed by atoms with Crippen molar-refractivity contribution in [1.82, 2.24) is 39.9 Å². The molecule has 446 valence electrons. The van der Waals surface area contributed by atoms with Crippen LogP contribution in [0.4, 0.5) is 5.69 Å². The van der Waals surface area contributed by atoms with Gasteiger partial charge in [-0.15, -0.1) is 11.3 Å². The van der Waals surface area contributed by atoms with Crippen LogP contribution in [0.15, 0.2) is 206 Å². The molecule has 4 saturated carbocycles. The summed E-state index contributed by atoms with van der Waals surface area (Å²) in [5.74, 6) is 5.96. The smallest absolute Gasteiger partial charge is 0.198 e. The molecule has 0 saturated heterocycles. The summed E-state index contributed by atoms with van der Waals surface area (Å²) in [6, 6.07) is 67.1. The zero-order chi connectivity index (χ0) is 64.4. The van der Waals surface area contributed by atoms with Gasteiger partial charge in [-0.3, -0.25) is 0 Å². The number of nitriles is 1. The van der Waals surface area contributed by atoms with E-state index in [1.165, 1.54) is 38.8 Å². The number of thiophene rings is 1. The minimum absolute atomic E-state index is 0.333. The highest BCUT2D eigenvalue weighted by molar-refractivity contribution is 7.26. The monoisotopic (exact) mass is 1220 g/mol. The Balaban J connectivity index is 0.845. The van der Waals surface area contributed by atoms with Gasteiger partial charge < -0.3 is 0 Å². The van der Waals surface area contributed by atoms with Crippen molar-refractivity contribution in [2.75, 3.05) is 0 Å². The topological polar surface area (TPSA) is 131 Å². The second-order valence-corrected chi connectivity index (χ2v) is 27.4. The Labute approximate surface area is 547 Å². The molecule has 93 heavy (non-hydrogen) atoms. The molecule has 9 aromatic carbocycles. The van der Waals surface area contributed by atoms with E-state index in [0.717, 1.165) is 97.0 Å². The largest absolute Gasteiger partial charge is 0.238 e. The average Bonchev–Trinajstić information content (AvgIpc) is 1.55. The predicted molar refractivity (Wildman–Crippen MR) is 373 cm³/mol. The summed E-state index contributed by atoms with van der Waals surface area (Å²) in [5.41, 5.74) is 16.4. The van der Waals surface area contributed by atoms with E-state index in [1.54, 1.807) is 41.8 Å². The fourth-order valence-corrected chi connectivity index (χ4v) is 17.4. The summed E-state index contributed by atoms with van der Waals surface area (Å²) >= 11 is 1.78. The third-order valence-electron chi connectivity index (χ3n) is 20.4. The maximum absolute atomic E-state index is 11.7. The van der Waals surface area contributed by atoms with Crippen LogP contribution in [-0.2, 0) is 5.41 Å². The molecule has 4 bridgehead atoms. The van der Waals surface area contributed by atoms with Crippen molar-refractivity contribution in [3.05, 3.63) is 246 Å². The van der Waals surface area contributed by atoms with Crippen molar-refractivity contribution < 1.29 is 2.74 Å². The zero-order valence-electron chi connectivity index (χ0n) is 53.9. The van der Waals surface area contributed by atoms with Crippen LogP contribution in [0.2, 0.25) is 0 Å². The van der Waals surface area contributed by atoms with Crippen LogP contribution in [0.1, 0.15) is 102 Å². The van der Waals surface area contributed by atoms with E-state index in [2.05, 4.69) is 160 Å². The van der Waals surface area contributed by atoms with Gasteiger partial charge in [0, 0.05) is 76.3 Å². The Hall–Kier alpha value is -10.7. The molecule has 18 rings (SSSR count). The van der Waals surface area contributed by atoms with Gasteiger partial charge in [0.2, 0.25) is 0 Å². The number of benzene rings is 9. The van der Waals surface area contributed by atoms with E-state index in [4.69, 9.17) is 49.2 Å². The quantitative estimate of drug-likeness (QED) is 0.116. The molecule has 4 heterocycles. The van der Waals surface area contributed by atoms with Crippen molar-refractivity contribution in [2.24, 2.45) is 23.7 Å². The van der Waals surface area contributed by atoms with Gasteiger partial charge >= 0.3 is 0 Å². The second-order valence-electron chi connectivity index (χ2n) is 26.3. The lowest BCUT2D eigenvalue weighted by Crippen LogP contribution is -2.55. The van der Waals surface area contributed by atoms with E-state index in [0.29, 0.717) is 111 Å². The first-order valence-corrected chi connectivity index (χ1v) is 33.1. The normalized spacial score (nSPS) is 18.6. The summed E-state index contributed by atoms with van der Waals surface area (Å²) in [6.45, 7) is 17.6. The van der Waals surface area contributed by atoms with Gasteiger partial charge in [-0.2, -0.15) is 5.26 Å². The van der Waals surface area contributed by atoms with E-state index in [1.807, 2.05) is 42.5 Å². The van der Waals surface area contributed by atoms with Crippen molar-refractivity contribution in [2.45, 2.75) is 77.0 Å². The minimum atomic E-state index is -0.416. The van der Waals surface area contributed by atoms with Gasteiger partial charge in [-0.05, 0) is 149 Å². The number of fused-ring (bicyclic) bond motifs is 6. The third-order valence-corrected chi connectivity index (χ3v) is 21.6. The highest BCUT2D eigenvalue weighted by Gasteiger charge is 2.62. The number of nitrogens with zero attached hydrogens (tertiary/aromatic N) is 10. The second kappa shape index (κ2) is 22.3. The Bertz CT molecular complexity index is 5350. The first-order chi connectivity index (χ1) is 46.3. The Morgan fingerprint density at radius 2 is 1.00 bits per heavy atom. The third kappa shape index (κ3) is 9.39. The molecule has 11 heteroatoms. The van der Waals surface area contributed by atoms with Gasteiger partial charge in [0.25, 0.3) is 0 Å². The van der Waals surface area contributed by atoms with Crippen molar-refractivity contribution in [1.29, 1.82) is 5.26 Å². The summed E-state index contributed by atoms with van der Waals surface area (Å²) in [6.07, 6.45) is 7.45. The van der Waals surface area contributed by atoms with Crippen molar-refractivity contribution in [3.8, 4) is 119 Å². The molecular formula is C82H62N10S. The van der Waals surface area contributed by atoms with Crippen molar-refractivity contribution >= 4 is 37.2 Å². The van der Waals surface area contributed by atoms with Crippen LogP contribution in [0.5, 0.6) is 0 Å². The highest BCUT2D eigenvalue weighted by atomic mass is 32.1. The van der Waals surface area contributed by atoms with Gasteiger partial charge in [0.15, 0.2) is 40.6 Å². The number of rotatable bonds is 11. The molecule has 4 aromatic heterocycles. The molecule has 5 aliphatic carbocycles. The molecule has 4 fully saturated rings. The Morgan fingerprint density at radius 3 is 1.58 bits per heavy atom. The molecule has 0 amide bonds. The van der Waals surface area contributed by atoms with Crippen LogP contribution >= 0.6 is 11.3 Å². The molecule has 0 unspecified atom stereocenters. The maximum atomic E-state index is 11.7. The summed E-state index contributed by atoms with van der Waals surface area (Å²) in [5, 5.41) is 14.1. The predicted octanol–water partition coefficient (Wildman–Crippen LogP) is 20.6. The molecule has 0 N–H and O–H groups in total. The molecule has 1 spiro atoms. The highest BCUT2D eigenvalue weighted by Crippen LogP contribution is 2.70. The lowest BCUT2D eigenvalue weighted by Gasteiger charge is -2.61. The van der Waals surface area contributed by atoms with Crippen LogP contribution < -0.4 is 0 Å². The molecule has 13 aromatic rings. The van der Waals surface area contributed by atoms with E-state index < -0.39 is 5.41 Å². The molecule has 5 aliphatic rings. The molecule has 0 atom stereocenters. The van der Waals surface area contributed by atoms with Crippen LogP contribution in [0, 0.1) is 41.6 Å². The Kier molecular flexibility index (Phi) is 13.0. The molecule has 0 aliphatic heterocycles. The van der Waals surface area contributed by atoms with Gasteiger partial charge in [0.05, 0.1) is 20.9 Å². The van der Waals surface area contributed by atoms with Crippen LogP contribution in [0.25, 0.3) is 138 Å². The first-order valence-electron chi connectivity index (χ1n) is 33.3. The summed E-state index contributed by atoms with van der Waals surface area (Å²) in [7, 11) is 0. The minimum Gasteiger partial charge on any atom is -0.238 e. The lowest BCUT2D eigenvalue weighted by molar-refractivity contribution is -0.0399.